The second kappa shape index (κ2) is 9.18. The molecule has 0 atom stereocenters. The van der Waals surface area contributed by atoms with E-state index in [0.717, 1.165) is 27.5 Å². The van der Waals surface area contributed by atoms with Crippen LogP contribution in [-0.4, -0.2) is 22.5 Å². The zero-order valence-corrected chi connectivity index (χ0v) is 18.7. The number of thiophene rings is 1. The van der Waals surface area contributed by atoms with Gasteiger partial charge in [-0.3, -0.25) is 9.59 Å². The van der Waals surface area contributed by atoms with Crippen molar-refractivity contribution in [2.45, 2.75) is 13.8 Å². The highest BCUT2D eigenvalue weighted by atomic mass is 32.1. The van der Waals surface area contributed by atoms with Crippen LogP contribution >= 0.6 is 11.3 Å². The molecule has 0 saturated carbocycles. The summed E-state index contributed by atoms with van der Waals surface area (Å²) in [4.78, 5) is 24.4. The first-order valence-corrected chi connectivity index (χ1v) is 10.8. The van der Waals surface area contributed by atoms with Crippen molar-refractivity contribution < 1.29 is 29.3 Å². The van der Waals surface area contributed by atoms with Crippen LogP contribution in [0.1, 0.15) is 26.4 Å². The molecule has 4 rings (SSSR count). The van der Waals surface area contributed by atoms with Crippen molar-refractivity contribution in [3.8, 4) is 28.4 Å². The van der Waals surface area contributed by atoms with Gasteiger partial charge in [-0.05, 0) is 73.0 Å². The molecule has 0 aliphatic carbocycles. The smallest absolute Gasteiger partial charge is 0.298 e. The van der Waals surface area contributed by atoms with Crippen LogP contribution in [0.25, 0.3) is 21.2 Å². The third-order valence-corrected chi connectivity index (χ3v) is 6.31. The molecule has 3 aromatic carbocycles. The Morgan fingerprint density at radius 1 is 0.909 bits per heavy atom. The molecule has 1 aromatic heterocycles. The Morgan fingerprint density at radius 2 is 1.61 bits per heavy atom. The number of carbonyl (C=O) groups is 2. The van der Waals surface area contributed by atoms with Crippen LogP contribution in [0.15, 0.2) is 67.1 Å². The van der Waals surface area contributed by atoms with Crippen LogP contribution in [0.3, 0.4) is 0 Å². The van der Waals surface area contributed by atoms with E-state index in [4.69, 9.17) is 4.74 Å². The first-order chi connectivity index (χ1) is 15.9. The van der Waals surface area contributed by atoms with Gasteiger partial charge in [0.25, 0.3) is 6.47 Å². The number of aromatic hydroxyl groups is 2. The average molecular weight is 461 g/mol. The van der Waals surface area contributed by atoms with Crippen molar-refractivity contribution in [2.24, 2.45) is 0 Å². The number of ether oxygens (including phenoxy) is 2. The Balaban J connectivity index is 1.82. The van der Waals surface area contributed by atoms with Crippen molar-refractivity contribution in [1.82, 2.24) is 0 Å². The van der Waals surface area contributed by atoms with Gasteiger partial charge in [-0.1, -0.05) is 12.1 Å². The number of hydrogen-bond acceptors (Lipinski definition) is 7. The first-order valence-electron chi connectivity index (χ1n) is 10.0. The monoisotopic (exact) mass is 460 g/mol. The molecular formula is C26H20O6S. The molecule has 0 spiro atoms. The fraction of sp³-hybridized carbons (Fsp3) is 0.0769. The number of ketones is 1. The summed E-state index contributed by atoms with van der Waals surface area (Å²) in [5.74, 6) is 0.625. The Kier molecular flexibility index (Phi) is 6.15. The van der Waals surface area contributed by atoms with Crippen LogP contribution in [0.2, 0.25) is 0 Å². The number of hydrogen-bond donors (Lipinski definition) is 2. The molecule has 0 amide bonds. The standard InChI is InChI=1S/C26H20O6S/c1-15-11-19(29)12-16(2)23(15)25(30)26-24(21-8-5-18(28)13-22(21)33-26)17-3-6-20(7-4-17)32-10-9-31-14-27/h3-14,28-29H,1-2H3/b10-9+. The third-order valence-electron chi connectivity index (χ3n) is 5.16. The molecule has 0 saturated heterocycles. The molecule has 2 N–H and O–H groups in total. The summed E-state index contributed by atoms with van der Waals surface area (Å²) in [6.07, 6.45) is 2.37. The molecule has 166 valence electrons. The van der Waals surface area contributed by atoms with Crippen molar-refractivity contribution in [3.05, 3.63) is 88.7 Å². The second-order valence-corrected chi connectivity index (χ2v) is 8.47. The second-order valence-electron chi connectivity index (χ2n) is 7.42. The van der Waals surface area contributed by atoms with Crippen LogP contribution in [0, 0.1) is 13.8 Å². The van der Waals surface area contributed by atoms with Gasteiger partial charge in [-0.25, -0.2) is 0 Å². The molecule has 0 fully saturated rings. The molecule has 0 bridgehead atoms. The van der Waals surface area contributed by atoms with E-state index in [1.807, 2.05) is 12.1 Å². The Hall–Kier alpha value is -4.10. The van der Waals surface area contributed by atoms with Gasteiger partial charge in [0.2, 0.25) is 5.78 Å². The van der Waals surface area contributed by atoms with E-state index in [1.165, 1.54) is 17.6 Å². The lowest BCUT2D eigenvalue weighted by molar-refractivity contribution is -0.123. The molecular weight excluding hydrogens is 440 g/mol. The van der Waals surface area contributed by atoms with Gasteiger partial charge in [0.05, 0.1) is 4.88 Å². The van der Waals surface area contributed by atoms with Gasteiger partial charge in [0, 0.05) is 21.2 Å². The number of fused-ring (bicyclic) bond motifs is 1. The fourth-order valence-corrected chi connectivity index (χ4v) is 5.02. The van der Waals surface area contributed by atoms with Gasteiger partial charge in [-0.2, -0.15) is 0 Å². The molecule has 7 heteroatoms. The van der Waals surface area contributed by atoms with Gasteiger partial charge >= 0.3 is 0 Å². The molecule has 0 radical (unpaired) electrons. The lowest BCUT2D eigenvalue weighted by atomic mass is 9.93. The highest BCUT2D eigenvalue weighted by Gasteiger charge is 2.24. The van der Waals surface area contributed by atoms with E-state index in [9.17, 15) is 19.8 Å². The fourth-order valence-electron chi connectivity index (χ4n) is 3.81. The van der Waals surface area contributed by atoms with Gasteiger partial charge in [-0.15, -0.1) is 11.3 Å². The molecule has 6 nitrogen and oxygen atoms in total. The number of aryl methyl sites for hydroxylation is 2. The summed E-state index contributed by atoms with van der Waals surface area (Å²) in [7, 11) is 0. The topological polar surface area (TPSA) is 93.1 Å². The summed E-state index contributed by atoms with van der Waals surface area (Å²) in [6, 6.07) is 15.4. The van der Waals surface area contributed by atoms with Crippen molar-refractivity contribution in [2.75, 3.05) is 0 Å². The summed E-state index contributed by atoms with van der Waals surface area (Å²) in [5.41, 5.74) is 3.50. The van der Waals surface area contributed by atoms with E-state index >= 15 is 0 Å². The molecule has 4 aromatic rings. The molecule has 1 heterocycles. The number of benzene rings is 3. The molecule has 0 unspecified atom stereocenters. The Morgan fingerprint density at radius 3 is 2.27 bits per heavy atom. The van der Waals surface area contributed by atoms with E-state index in [2.05, 4.69) is 4.74 Å². The maximum atomic E-state index is 13.7. The van der Waals surface area contributed by atoms with Crippen molar-refractivity contribution in [3.63, 3.8) is 0 Å². The number of phenolic OH excluding ortho intramolecular Hbond substituents is 2. The maximum absolute atomic E-state index is 13.7. The summed E-state index contributed by atoms with van der Waals surface area (Å²) < 4.78 is 10.6. The molecule has 33 heavy (non-hydrogen) atoms. The van der Waals surface area contributed by atoms with Crippen molar-refractivity contribution in [1.29, 1.82) is 0 Å². The third kappa shape index (κ3) is 4.44. The number of rotatable bonds is 7. The van der Waals surface area contributed by atoms with Gasteiger partial charge < -0.3 is 19.7 Å². The normalized spacial score (nSPS) is 11.1. The average Bonchev–Trinajstić information content (AvgIpc) is 3.15. The van der Waals surface area contributed by atoms with Gasteiger partial charge in [0.1, 0.15) is 29.8 Å². The van der Waals surface area contributed by atoms with Crippen LogP contribution in [0.5, 0.6) is 17.2 Å². The van der Waals surface area contributed by atoms with E-state index in [-0.39, 0.29) is 17.3 Å². The zero-order valence-electron chi connectivity index (χ0n) is 17.9. The van der Waals surface area contributed by atoms with Crippen LogP contribution in [0.4, 0.5) is 0 Å². The van der Waals surface area contributed by atoms with Crippen molar-refractivity contribution >= 4 is 33.7 Å². The Bertz CT molecular complexity index is 1360. The molecule has 0 aliphatic rings. The highest BCUT2D eigenvalue weighted by Crippen LogP contribution is 2.42. The maximum Gasteiger partial charge on any atom is 0.298 e. The van der Waals surface area contributed by atoms with E-state index in [0.29, 0.717) is 33.8 Å². The van der Waals surface area contributed by atoms with E-state index in [1.54, 1.807) is 56.3 Å². The predicted octanol–water partition coefficient (Wildman–Crippen LogP) is 5.85. The summed E-state index contributed by atoms with van der Waals surface area (Å²) in [6.45, 7) is 3.89. The summed E-state index contributed by atoms with van der Waals surface area (Å²) in [5, 5.41) is 20.7. The number of carbonyl (C=O) groups excluding carboxylic acids is 2. The Labute approximate surface area is 194 Å². The first kappa shape index (κ1) is 22.1. The summed E-state index contributed by atoms with van der Waals surface area (Å²) >= 11 is 1.32. The quantitative estimate of drug-likeness (QED) is 0.204. The largest absolute Gasteiger partial charge is 0.508 e. The SMILES string of the molecule is Cc1cc(O)cc(C)c1C(=O)c1sc2cc(O)ccc2c1-c1ccc(O/C=C/OC=O)cc1. The minimum atomic E-state index is -0.144. The minimum absolute atomic E-state index is 0.117. The van der Waals surface area contributed by atoms with Crippen LogP contribution in [-0.2, 0) is 9.53 Å². The molecule has 0 aliphatic heterocycles. The zero-order chi connectivity index (χ0) is 23.5. The lowest BCUT2D eigenvalue weighted by Gasteiger charge is -2.11. The predicted molar refractivity (Wildman–Crippen MR) is 127 cm³/mol. The van der Waals surface area contributed by atoms with E-state index < -0.39 is 0 Å². The minimum Gasteiger partial charge on any atom is -0.508 e. The lowest BCUT2D eigenvalue weighted by Crippen LogP contribution is -2.06. The van der Waals surface area contributed by atoms with Crippen LogP contribution < -0.4 is 4.74 Å². The number of phenols is 2. The van der Waals surface area contributed by atoms with Gasteiger partial charge in [0.15, 0.2) is 0 Å². The highest BCUT2D eigenvalue weighted by molar-refractivity contribution is 7.21.